The highest BCUT2D eigenvalue weighted by Gasteiger charge is 2.29. The van der Waals surface area contributed by atoms with Crippen molar-refractivity contribution >= 4 is 46.3 Å². The zero-order valence-corrected chi connectivity index (χ0v) is 30.1. The first kappa shape index (κ1) is 37.5. The fraction of sp³-hybridized carbons (Fsp3) is 0.417. The van der Waals surface area contributed by atoms with E-state index in [4.69, 9.17) is 31.5 Å². The number of amides is 2. The van der Waals surface area contributed by atoms with Crippen molar-refractivity contribution in [2.75, 3.05) is 38.8 Å². The number of nitrogens with one attached hydrogen (secondary N) is 3. The number of aryl methyl sites for hydroxylation is 1. The first-order valence-electron chi connectivity index (χ1n) is 16.7. The Morgan fingerprint density at radius 2 is 1.90 bits per heavy atom. The molecular formula is C36H44ClFN8O5. The molecule has 1 aliphatic rings. The van der Waals surface area contributed by atoms with E-state index >= 15 is 0 Å². The molecule has 0 aliphatic heterocycles. The summed E-state index contributed by atoms with van der Waals surface area (Å²) in [6.45, 7) is 9.02. The van der Waals surface area contributed by atoms with Gasteiger partial charge in [-0.25, -0.2) is 18.7 Å². The van der Waals surface area contributed by atoms with E-state index in [-0.39, 0.29) is 40.2 Å². The molecule has 0 saturated heterocycles. The normalized spacial score (nSPS) is 16.3. The van der Waals surface area contributed by atoms with Gasteiger partial charge in [-0.05, 0) is 76.8 Å². The largest absolute Gasteiger partial charge is 0.444 e. The second kappa shape index (κ2) is 16.5. The number of hydrogen-bond donors (Lipinski definition) is 4. The van der Waals surface area contributed by atoms with E-state index in [1.165, 1.54) is 18.2 Å². The molecule has 1 fully saturated rings. The Hall–Kier alpha value is -4.79. The van der Waals surface area contributed by atoms with E-state index in [1.54, 1.807) is 30.1 Å². The molecule has 1 saturated carbocycles. The van der Waals surface area contributed by atoms with Gasteiger partial charge in [0.1, 0.15) is 22.9 Å². The summed E-state index contributed by atoms with van der Waals surface area (Å²) in [5, 5.41) is 14.3. The molecule has 0 unspecified atom stereocenters. The summed E-state index contributed by atoms with van der Waals surface area (Å²) in [5.74, 6) is -0.714. The molecule has 51 heavy (non-hydrogen) atoms. The number of pyridine rings is 1. The molecule has 0 radical (unpaired) electrons. The molecular weight excluding hydrogens is 679 g/mol. The number of halogens is 2. The van der Waals surface area contributed by atoms with Crippen LogP contribution in [0, 0.1) is 12.7 Å². The number of aliphatic imine (C=N–C) groups is 1. The SMILES string of the molecule is COCCOCCNC(=O)c1cc(C)c(-c2cc3c(N[C@@H]4CC[C@H](NC(=O)OC(C)(C)C)C4)c(C(N)=Nc4cc(F)ccc4Cl)cnn3c2)cn1. The summed E-state index contributed by atoms with van der Waals surface area (Å²) in [7, 11) is 1.60. The van der Waals surface area contributed by atoms with E-state index in [1.807, 2.05) is 40.0 Å². The topological polar surface area (TPSA) is 166 Å². The van der Waals surface area contributed by atoms with Gasteiger partial charge in [0.2, 0.25) is 0 Å². The number of hydrogen-bond acceptors (Lipinski definition) is 9. The summed E-state index contributed by atoms with van der Waals surface area (Å²) < 4.78 is 31.6. The minimum absolute atomic E-state index is 0.0367. The average molecular weight is 723 g/mol. The molecule has 1 aromatic carbocycles. The van der Waals surface area contributed by atoms with Crippen LogP contribution >= 0.6 is 11.6 Å². The summed E-state index contributed by atoms with van der Waals surface area (Å²) in [5.41, 5.74) is 10.7. The Labute approximate surface area is 301 Å². The third-order valence-corrected chi connectivity index (χ3v) is 8.50. The molecule has 2 amide bonds. The average Bonchev–Trinajstić information content (AvgIpc) is 3.70. The number of nitrogens with zero attached hydrogens (tertiary/aromatic N) is 4. The van der Waals surface area contributed by atoms with Gasteiger partial charge in [0, 0.05) is 55.3 Å². The Morgan fingerprint density at radius 3 is 2.65 bits per heavy atom. The quantitative estimate of drug-likeness (QED) is 0.0760. The molecule has 0 bridgehead atoms. The monoisotopic (exact) mass is 722 g/mol. The Bertz CT molecular complexity index is 1910. The number of carbonyl (C=O) groups excluding carboxylic acids is 2. The zero-order chi connectivity index (χ0) is 36.7. The van der Waals surface area contributed by atoms with Crippen LogP contribution in [0.2, 0.25) is 5.02 Å². The summed E-state index contributed by atoms with van der Waals surface area (Å²) >= 11 is 6.31. The highest BCUT2D eigenvalue weighted by molar-refractivity contribution is 6.33. The smallest absolute Gasteiger partial charge is 0.407 e. The first-order chi connectivity index (χ1) is 24.3. The van der Waals surface area contributed by atoms with Crippen LogP contribution in [-0.2, 0) is 14.2 Å². The van der Waals surface area contributed by atoms with E-state index in [9.17, 15) is 14.0 Å². The van der Waals surface area contributed by atoms with Crippen molar-refractivity contribution in [3.05, 3.63) is 76.6 Å². The Balaban J connectivity index is 1.43. The zero-order valence-electron chi connectivity index (χ0n) is 29.4. The summed E-state index contributed by atoms with van der Waals surface area (Å²) in [6.07, 6.45) is 6.80. The molecule has 4 aromatic rings. The minimum Gasteiger partial charge on any atom is -0.444 e. The number of carbonyl (C=O) groups is 2. The second-order valence-corrected chi connectivity index (χ2v) is 13.7. The van der Waals surface area contributed by atoms with Gasteiger partial charge in [-0.15, -0.1) is 0 Å². The molecule has 3 heterocycles. The van der Waals surface area contributed by atoms with Gasteiger partial charge in [0.15, 0.2) is 0 Å². The van der Waals surface area contributed by atoms with Crippen molar-refractivity contribution in [3.8, 4) is 11.1 Å². The van der Waals surface area contributed by atoms with Crippen molar-refractivity contribution < 1.29 is 28.2 Å². The van der Waals surface area contributed by atoms with Crippen LogP contribution in [0.4, 0.5) is 20.6 Å². The van der Waals surface area contributed by atoms with Crippen LogP contribution in [0.3, 0.4) is 0 Å². The van der Waals surface area contributed by atoms with Crippen molar-refractivity contribution in [2.45, 2.75) is 64.6 Å². The number of amidine groups is 1. The van der Waals surface area contributed by atoms with Crippen LogP contribution in [0.1, 0.15) is 61.6 Å². The van der Waals surface area contributed by atoms with Gasteiger partial charge in [-0.2, -0.15) is 5.10 Å². The lowest BCUT2D eigenvalue weighted by Crippen LogP contribution is -2.38. The number of alkyl carbamates (subject to hydrolysis) is 1. The second-order valence-electron chi connectivity index (χ2n) is 13.3. The molecule has 15 heteroatoms. The maximum Gasteiger partial charge on any atom is 0.407 e. The van der Waals surface area contributed by atoms with E-state index < -0.39 is 17.5 Å². The number of aromatic nitrogens is 3. The molecule has 272 valence electrons. The van der Waals surface area contributed by atoms with Crippen LogP contribution in [-0.4, -0.2) is 83.6 Å². The van der Waals surface area contributed by atoms with Gasteiger partial charge in [-0.3, -0.25) is 9.78 Å². The lowest BCUT2D eigenvalue weighted by atomic mass is 10.0. The third kappa shape index (κ3) is 9.93. The molecule has 3 aromatic heterocycles. The lowest BCUT2D eigenvalue weighted by Gasteiger charge is -2.22. The predicted molar refractivity (Wildman–Crippen MR) is 194 cm³/mol. The minimum atomic E-state index is -0.605. The summed E-state index contributed by atoms with van der Waals surface area (Å²) in [6, 6.07) is 7.44. The highest BCUT2D eigenvalue weighted by Crippen LogP contribution is 2.34. The number of fused-ring (bicyclic) bond motifs is 1. The predicted octanol–water partition coefficient (Wildman–Crippen LogP) is 5.78. The van der Waals surface area contributed by atoms with E-state index in [0.29, 0.717) is 49.6 Å². The third-order valence-electron chi connectivity index (χ3n) is 8.18. The van der Waals surface area contributed by atoms with Gasteiger partial charge >= 0.3 is 6.09 Å². The van der Waals surface area contributed by atoms with Crippen molar-refractivity contribution in [2.24, 2.45) is 10.7 Å². The van der Waals surface area contributed by atoms with Gasteiger partial charge in [0.05, 0.1) is 53.5 Å². The molecule has 2 atom stereocenters. The fourth-order valence-electron chi connectivity index (χ4n) is 5.79. The molecule has 0 spiro atoms. The van der Waals surface area contributed by atoms with E-state index in [2.05, 4.69) is 31.0 Å². The van der Waals surface area contributed by atoms with Crippen LogP contribution in [0.15, 0.2) is 53.9 Å². The number of anilines is 1. The number of rotatable bonds is 13. The van der Waals surface area contributed by atoms with Crippen LogP contribution in [0.25, 0.3) is 16.6 Å². The molecule has 1 aliphatic carbocycles. The number of methoxy groups -OCH3 is 1. The Morgan fingerprint density at radius 1 is 1.12 bits per heavy atom. The van der Waals surface area contributed by atoms with E-state index in [0.717, 1.165) is 29.5 Å². The van der Waals surface area contributed by atoms with Crippen LogP contribution in [0.5, 0.6) is 0 Å². The van der Waals surface area contributed by atoms with Crippen molar-refractivity contribution in [3.63, 3.8) is 0 Å². The molecule has 13 nitrogen and oxygen atoms in total. The van der Waals surface area contributed by atoms with Crippen molar-refractivity contribution in [1.29, 1.82) is 0 Å². The standard InChI is InChI=1S/C36H44ClFN8O5/c1-21-14-30(34(47)40-10-11-50-13-12-49-5)41-18-26(21)22-15-31-32(43-24-7-8-25(17-24)44-35(48)51-36(2,3)4)27(19-42-46(31)20-22)33(39)45-29-16-23(38)6-9-28(29)37/h6,9,14-16,18-20,24-25,43H,7-8,10-13,17H2,1-5H3,(H2,39,45)(H,40,47)(H,44,48)/t24-,25+/m1/s1. The van der Waals surface area contributed by atoms with Gasteiger partial charge < -0.3 is 35.9 Å². The first-order valence-corrected chi connectivity index (χ1v) is 17.1. The maximum atomic E-state index is 14.1. The lowest BCUT2D eigenvalue weighted by molar-refractivity contribution is 0.0505. The van der Waals surface area contributed by atoms with Gasteiger partial charge in [0.25, 0.3) is 5.91 Å². The maximum absolute atomic E-state index is 14.1. The van der Waals surface area contributed by atoms with Crippen molar-refractivity contribution in [1.82, 2.24) is 25.2 Å². The molecule has 5 N–H and O–H groups in total. The van der Waals surface area contributed by atoms with Gasteiger partial charge in [-0.1, -0.05) is 11.6 Å². The number of ether oxygens (including phenoxy) is 3. The highest BCUT2D eigenvalue weighted by atomic mass is 35.5. The summed E-state index contributed by atoms with van der Waals surface area (Å²) in [4.78, 5) is 34.1. The fourth-order valence-corrected chi connectivity index (χ4v) is 5.95. The Kier molecular flexibility index (Phi) is 12.1. The number of nitrogens with two attached hydrogens (primary N) is 1. The number of benzene rings is 1. The van der Waals surface area contributed by atoms with Crippen LogP contribution < -0.4 is 21.7 Å². The molecule has 5 rings (SSSR count).